The first-order chi connectivity index (χ1) is 16.2. The lowest BCUT2D eigenvalue weighted by Crippen LogP contribution is -2.41. The van der Waals surface area contributed by atoms with Crippen molar-refractivity contribution in [3.05, 3.63) is 75.1 Å². The number of ether oxygens (including phenoxy) is 2. The van der Waals surface area contributed by atoms with Gasteiger partial charge in [-0.05, 0) is 49.9 Å². The Kier molecular flexibility index (Phi) is 8.90. The number of hydrogen-bond acceptors (Lipinski definition) is 6. The Bertz CT molecular complexity index is 1240. The summed E-state index contributed by atoms with van der Waals surface area (Å²) in [7, 11) is 0. The maximum Gasteiger partial charge on any atom is 0.408 e. The Morgan fingerprint density at radius 3 is 2.53 bits per heavy atom. The van der Waals surface area contributed by atoms with Crippen LogP contribution in [0.15, 0.2) is 51.7 Å². The molecule has 1 amide bonds. The van der Waals surface area contributed by atoms with E-state index < -0.39 is 23.7 Å². The van der Waals surface area contributed by atoms with E-state index in [0.717, 1.165) is 22.1 Å². The molecule has 2 atom stereocenters. The summed E-state index contributed by atoms with van der Waals surface area (Å²) < 4.78 is 16.3. The van der Waals surface area contributed by atoms with Gasteiger partial charge in [-0.2, -0.15) is 0 Å². The van der Waals surface area contributed by atoms with Crippen LogP contribution in [0.3, 0.4) is 0 Å². The van der Waals surface area contributed by atoms with Gasteiger partial charge in [0.2, 0.25) is 0 Å². The van der Waals surface area contributed by atoms with E-state index in [1.807, 2.05) is 43.3 Å². The zero-order valence-corrected chi connectivity index (χ0v) is 22.2. The van der Waals surface area contributed by atoms with E-state index in [9.17, 15) is 14.4 Å². The van der Waals surface area contributed by atoms with Gasteiger partial charge in [-0.25, -0.2) is 14.4 Å². The Hall–Kier alpha value is -2.65. The average Bonchev–Trinajstić information content (AvgIpc) is 2.81. The molecule has 0 bridgehead atoms. The smallest absolute Gasteiger partial charge is 0.408 e. The summed E-state index contributed by atoms with van der Waals surface area (Å²) in [4.78, 5) is 37.0. The van der Waals surface area contributed by atoms with Crippen molar-refractivity contribution in [3.63, 3.8) is 0 Å². The molecule has 0 saturated carbocycles. The third kappa shape index (κ3) is 6.48. The van der Waals surface area contributed by atoms with Gasteiger partial charge in [0.05, 0.1) is 0 Å². The second-order valence-electron chi connectivity index (χ2n) is 7.92. The van der Waals surface area contributed by atoms with E-state index >= 15 is 0 Å². The van der Waals surface area contributed by atoms with Crippen LogP contribution < -0.4 is 15.7 Å². The van der Waals surface area contributed by atoms with Crippen molar-refractivity contribution in [3.8, 4) is 5.75 Å². The van der Waals surface area contributed by atoms with E-state index in [-0.39, 0.29) is 11.4 Å². The molecule has 1 heterocycles. The first-order valence-electron chi connectivity index (χ1n) is 10.7. The van der Waals surface area contributed by atoms with Crippen molar-refractivity contribution in [2.24, 2.45) is 0 Å². The van der Waals surface area contributed by atoms with Crippen LogP contribution in [0.4, 0.5) is 4.79 Å². The molecule has 9 heteroatoms. The first kappa shape index (κ1) is 26.0. The molecule has 1 N–H and O–H groups in total. The maximum absolute atomic E-state index is 12.8. The molecule has 1 aromatic heterocycles. The van der Waals surface area contributed by atoms with E-state index in [4.69, 9.17) is 13.9 Å². The predicted molar refractivity (Wildman–Crippen MR) is 137 cm³/mol. The molecule has 0 aliphatic carbocycles. The molecule has 0 radical (unpaired) electrons. The summed E-state index contributed by atoms with van der Waals surface area (Å²) >= 11 is 7.04. The summed E-state index contributed by atoms with van der Waals surface area (Å²) in [6.07, 6.45) is -0.172. The van der Waals surface area contributed by atoms with Crippen molar-refractivity contribution in [2.75, 3.05) is 5.33 Å². The molecular weight excluding hydrogens is 570 g/mol. The number of amides is 1. The summed E-state index contributed by atoms with van der Waals surface area (Å²) in [5.74, 6) is -0.358. The van der Waals surface area contributed by atoms with Crippen LogP contribution in [0.5, 0.6) is 5.75 Å². The third-order valence-corrected chi connectivity index (χ3v) is 7.51. The van der Waals surface area contributed by atoms with E-state index in [0.29, 0.717) is 28.6 Å². The van der Waals surface area contributed by atoms with Gasteiger partial charge in [0, 0.05) is 27.2 Å². The highest BCUT2D eigenvalue weighted by atomic mass is 79.9. The van der Waals surface area contributed by atoms with Crippen molar-refractivity contribution >= 4 is 54.9 Å². The van der Waals surface area contributed by atoms with Gasteiger partial charge in [-0.15, -0.1) is 0 Å². The molecule has 0 spiro atoms. The fourth-order valence-corrected chi connectivity index (χ4v) is 4.01. The largest absolute Gasteiger partial charge is 0.445 e. The Balaban J connectivity index is 1.80. The predicted octanol–water partition coefficient (Wildman–Crippen LogP) is 5.33. The van der Waals surface area contributed by atoms with Gasteiger partial charge in [-0.3, -0.25) is 0 Å². The number of aryl methyl sites for hydroxylation is 2. The van der Waals surface area contributed by atoms with Gasteiger partial charge in [0.1, 0.15) is 24.0 Å². The summed E-state index contributed by atoms with van der Waals surface area (Å²) in [5.41, 5.74) is 2.80. The molecule has 180 valence electrons. The normalized spacial score (nSPS) is 12.7. The highest BCUT2D eigenvalue weighted by Crippen LogP contribution is 2.34. The fraction of sp³-hybridized carbons (Fsp3) is 0.320. The number of carbonyl (C=O) groups excluding carboxylic acids is 2. The molecule has 34 heavy (non-hydrogen) atoms. The molecule has 3 rings (SSSR count). The maximum atomic E-state index is 12.8. The Morgan fingerprint density at radius 1 is 1.15 bits per heavy atom. The van der Waals surface area contributed by atoms with Gasteiger partial charge in [0.25, 0.3) is 0 Å². The molecule has 2 aromatic carbocycles. The minimum absolute atomic E-state index is 0.0833. The molecule has 2 unspecified atom stereocenters. The number of alkyl carbamates (subject to hydrolysis) is 1. The minimum Gasteiger partial charge on any atom is -0.445 e. The number of carbonyl (C=O) groups is 2. The molecule has 7 nitrogen and oxygen atoms in total. The van der Waals surface area contributed by atoms with E-state index in [1.54, 1.807) is 6.92 Å². The zero-order chi connectivity index (χ0) is 24.8. The van der Waals surface area contributed by atoms with Gasteiger partial charge in [0.15, 0.2) is 0 Å². The van der Waals surface area contributed by atoms with Crippen molar-refractivity contribution in [1.29, 1.82) is 0 Å². The van der Waals surface area contributed by atoms with Crippen LogP contribution in [0.1, 0.15) is 29.2 Å². The lowest BCUT2D eigenvalue weighted by atomic mass is 9.99. The van der Waals surface area contributed by atoms with Crippen LogP contribution in [-0.2, 0) is 22.6 Å². The van der Waals surface area contributed by atoms with Crippen LogP contribution in [0, 0.1) is 13.8 Å². The number of halogens is 2. The van der Waals surface area contributed by atoms with Gasteiger partial charge >= 0.3 is 17.7 Å². The SMILES string of the molecule is Cc1cc(=O)oc2c(C)c(OC(=O)C(C)NC(=O)OCc3ccccc3)c(CC(Br)CBr)cc12. The van der Waals surface area contributed by atoms with Crippen LogP contribution in [0.25, 0.3) is 11.0 Å². The van der Waals surface area contributed by atoms with E-state index in [2.05, 4.69) is 37.2 Å². The molecule has 0 aliphatic rings. The fourth-order valence-electron chi connectivity index (χ4n) is 3.44. The number of fused-ring (bicyclic) bond motifs is 1. The first-order valence-corrected chi connectivity index (χ1v) is 12.7. The number of rotatable bonds is 8. The van der Waals surface area contributed by atoms with Crippen LogP contribution in [0.2, 0.25) is 0 Å². The second kappa shape index (κ2) is 11.7. The topological polar surface area (TPSA) is 94.8 Å². The average molecular weight is 595 g/mol. The lowest BCUT2D eigenvalue weighted by Gasteiger charge is -2.19. The summed E-state index contributed by atoms with van der Waals surface area (Å²) in [5, 5.41) is 3.95. The number of alkyl halides is 2. The highest BCUT2D eigenvalue weighted by Gasteiger charge is 2.24. The number of esters is 1. The summed E-state index contributed by atoms with van der Waals surface area (Å²) in [6, 6.07) is 11.6. The third-order valence-electron chi connectivity index (χ3n) is 5.21. The molecule has 0 saturated heterocycles. The van der Waals surface area contributed by atoms with Crippen LogP contribution in [-0.4, -0.2) is 28.3 Å². The second-order valence-corrected chi connectivity index (χ2v) is 9.86. The number of nitrogens with one attached hydrogen (secondary N) is 1. The van der Waals surface area contributed by atoms with Crippen LogP contribution >= 0.6 is 31.9 Å². The number of benzene rings is 2. The minimum atomic E-state index is -0.966. The number of hydrogen-bond donors (Lipinski definition) is 1. The lowest BCUT2D eigenvalue weighted by molar-refractivity contribution is -0.136. The standard InChI is InChI=1S/C25H25Br2NO6/c1-14-9-21(29)33-23-15(2)22(18(11-20(14)23)10-19(27)12-26)34-24(30)16(3)28-25(31)32-13-17-7-5-4-6-8-17/h4-9,11,16,19H,10,12-13H2,1-3H3,(H,28,31). The molecule has 0 fully saturated rings. The molecular formula is C25H25Br2NO6. The van der Waals surface area contributed by atoms with Crippen molar-refractivity contribution < 1.29 is 23.5 Å². The van der Waals surface area contributed by atoms with Crippen molar-refractivity contribution in [1.82, 2.24) is 5.32 Å². The monoisotopic (exact) mass is 593 g/mol. The highest BCUT2D eigenvalue weighted by molar-refractivity contribution is 9.12. The van der Waals surface area contributed by atoms with Gasteiger partial charge < -0.3 is 19.2 Å². The Morgan fingerprint density at radius 2 is 1.85 bits per heavy atom. The Labute approximate surface area is 214 Å². The zero-order valence-electron chi connectivity index (χ0n) is 19.0. The van der Waals surface area contributed by atoms with Crippen molar-refractivity contribution in [2.45, 2.75) is 44.7 Å². The molecule has 0 aliphatic heterocycles. The van der Waals surface area contributed by atoms with Gasteiger partial charge in [-0.1, -0.05) is 62.2 Å². The summed E-state index contributed by atoms with van der Waals surface area (Å²) in [6.45, 7) is 5.16. The molecule has 3 aromatic rings. The quantitative estimate of drug-likeness (QED) is 0.164. The van der Waals surface area contributed by atoms with E-state index in [1.165, 1.54) is 13.0 Å².